The highest BCUT2D eigenvalue weighted by molar-refractivity contribution is 5.88. The number of rotatable bonds is 7. The molecular formula is C20H21NO5. The molecule has 0 atom stereocenters. The van der Waals surface area contributed by atoms with E-state index in [1.165, 1.54) is 0 Å². The number of benzene rings is 2. The van der Waals surface area contributed by atoms with Crippen molar-refractivity contribution in [2.75, 3.05) is 21.3 Å². The lowest BCUT2D eigenvalue weighted by Gasteiger charge is -2.10. The second-order valence-electron chi connectivity index (χ2n) is 5.77. The summed E-state index contributed by atoms with van der Waals surface area (Å²) < 4.78 is 21.2. The van der Waals surface area contributed by atoms with Gasteiger partial charge in [0.1, 0.15) is 11.3 Å². The highest BCUT2D eigenvalue weighted by Crippen LogP contribution is 2.28. The highest BCUT2D eigenvalue weighted by Gasteiger charge is 2.12. The fourth-order valence-electron chi connectivity index (χ4n) is 2.75. The van der Waals surface area contributed by atoms with Crippen LogP contribution in [0, 0.1) is 0 Å². The largest absolute Gasteiger partial charge is 0.497 e. The van der Waals surface area contributed by atoms with E-state index in [1.54, 1.807) is 33.7 Å². The lowest BCUT2D eigenvalue weighted by atomic mass is 10.1. The summed E-state index contributed by atoms with van der Waals surface area (Å²) in [5, 5.41) is 3.82. The van der Waals surface area contributed by atoms with Crippen LogP contribution in [0.1, 0.15) is 11.1 Å². The Kier molecular flexibility index (Phi) is 5.31. The summed E-state index contributed by atoms with van der Waals surface area (Å²) >= 11 is 0. The van der Waals surface area contributed by atoms with Gasteiger partial charge in [0.25, 0.3) is 0 Å². The van der Waals surface area contributed by atoms with E-state index >= 15 is 0 Å². The summed E-state index contributed by atoms with van der Waals surface area (Å²) in [5.41, 5.74) is 2.47. The van der Waals surface area contributed by atoms with Gasteiger partial charge in [-0.05, 0) is 29.8 Å². The Morgan fingerprint density at radius 3 is 2.54 bits per heavy atom. The molecule has 3 rings (SSSR count). The normalized spacial score (nSPS) is 10.6. The first-order valence-electron chi connectivity index (χ1n) is 8.16. The summed E-state index contributed by atoms with van der Waals surface area (Å²) in [4.78, 5) is 12.3. The van der Waals surface area contributed by atoms with Crippen LogP contribution in [0.3, 0.4) is 0 Å². The van der Waals surface area contributed by atoms with Crippen LogP contribution in [0.25, 0.3) is 11.0 Å². The van der Waals surface area contributed by atoms with Gasteiger partial charge in [0, 0.05) is 23.6 Å². The molecule has 0 radical (unpaired) electrons. The third-order valence-electron chi connectivity index (χ3n) is 4.15. The van der Waals surface area contributed by atoms with Crippen molar-refractivity contribution in [1.29, 1.82) is 0 Å². The fourth-order valence-corrected chi connectivity index (χ4v) is 2.75. The van der Waals surface area contributed by atoms with Crippen LogP contribution in [0.15, 0.2) is 47.1 Å². The Morgan fingerprint density at radius 1 is 1.00 bits per heavy atom. The molecule has 6 heteroatoms. The van der Waals surface area contributed by atoms with Crippen LogP contribution in [0.4, 0.5) is 0 Å². The van der Waals surface area contributed by atoms with E-state index in [-0.39, 0.29) is 12.3 Å². The molecule has 1 aromatic heterocycles. The molecule has 0 saturated carbocycles. The van der Waals surface area contributed by atoms with Crippen LogP contribution in [-0.4, -0.2) is 27.2 Å². The average molecular weight is 355 g/mol. The second-order valence-corrected chi connectivity index (χ2v) is 5.77. The maximum atomic E-state index is 12.3. The molecule has 0 aliphatic rings. The highest BCUT2D eigenvalue weighted by atomic mass is 16.5. The second kappa shape index (κ2) is 7.82. The molecule has 3 aromatic rings. The van der Waals surface area contributed by atoms with Gasteiger partial charge >= 0.3 is 0 Å². The predicted octanol–water partition coefficient (Wildman–Crippen LogP) is 3.32. The summed E-state index contributed by atoms with van der Waals surface area (Å²) in [7, 11) is 4.77. The Bertz CT molecular complexity index is 916. The smallest absolute Gasteiger partial charge is 0.224 e. The van der Waals surface area contributed by atoms with E-state index in [1.807, 2.05) is 30.3 Å². The van der Waals surface area contributed by atoms with Crippen LogP contribution < -0.4 is 19.5 Å². The number of methoxy groups -OCH3 is 3. The molecule has 26 heavy (non-hydrogen) atoms. The van der Waals surface area contributed by atoms with Crippen molar-refractivity contribution in [2.24, 2.45) is 0 Å². The fraction of sp³-hybridized carbons (Fsp3) is 0.250. The molecule has 0 unspecified atom stereocenters. The first-order valence-corrected chi connectivity index (χ1v) is 8.16. The lowest BCUT2D eigenvalue weighted by molar-refractivity contribution is -0.120. The summed E-state index contributed by atoms with van der Waals surface area (Å²) in [6, 6.07) is 11.1. The number of carbonyl (C=O) groups is 1. The van der Waals surface area contributed by atoms with Crippen LogP contribution in [-0.2, 0) is 17.8 Å². The molecule has 0 saturated heterocycles. The molecular weight excluding hydrogens is 334 g/mol. The predicted molar refractivity (Wildman–Crippen MR) is 97.9 cm³/mol. The molecule has 1 N–H and O–H groups in total. The van der Waals surface area contributed by atoms with Crippen LogP contribution in [0.2, 0.25) is 0 Å². The molecule has 0 fully saturated rings. The van der Waals surface area contributed by atoms with Gasteiger partial charge in [0.15, 0.2) is 11.5 Å². The summed E-state index contributed by atoms with van der Waals surface area (Å²) in [5.74, 6) is 1.92. The van der Waals surface area contributed by atoms with E-state index in [2.05, 4.69) is 5.32 Å². The molecule has 6 nitrogen and oxygen atoms in total. The number of nitrogens with one attached hydrogen (secondary N) is 1. The number of fused-ring (bicyclic) bond motifs is 1. The summed E-state index contributed by atoms with van der Waals surface area (Å²) in [6.45, 7) is 0.406. The van der Waals surface area contributed by atoms with Crippen molar-refractivity contribution in [3.05, 3.63) is 53.8 Å². The van der Waals surface area contributed by atoms with Crippen LogP contribution >= 0.6 is 0 Å². The zero-order valence-electron chi connectivity index (χ0n) is 15.0. The van der Waals surface area contributed by atoms with Gasteiger partial charge < -0.3 is 23.9 Å². The topological polar surface area (TPSA) is 69.9 Å². The third-order valence-corrected chi connectivity index (χ3v) is 4.15. The first-order chi connectivity index (χ1) is 12.6. The van der Waals surface area contributed by atoms with Crippen molar-refractivity contribution in [2.45, 2.75) is 13.0 Å². The SMILES string of the molecule is COc1ccc2c(CC(=O)NCc3ccc(OC)c(OC)c3)coc2c1. The third kappa shape index (κ3) is 3.74. The van der Waals surface area contributed by atoms with Gasteiger partial charge in [-0.25, -0.2) is 0 Å². The van der Waals surface area contributed by atoms with Gasteiger partial charge in [-0.3, -0.25) is 4.79 Å². The van der Waals surface area contributed by atoms with Crippen molar-refractivity contribution < 1.29 is 23.4 Å². The Balaban J connectivity index is 1.64. The maximum Gasteiger partial charge on any atom is 0.224 e. The van der Waals surface area contributed by atoms with E-state index in [9.17, 15) is 4.79 Å². The van der Waals surface area contributed by atoms with Gasteiger partial charge in [-0.2, -0.15) is 0 Å². The maximum absolute atomic E-state index is 12.3. The number of ether oxygens (including phenoxy) is 3. The van der Waals surface area contributed by atoms with Crippen molar-refractivity contribution >= 4 is 16.9 Å². The number of hydrogen-bond acceptors (Lipinski definition) is 5. The Hall–Kier alpha value is -3.15. The van der Waals surface area contributed by atoms with Crippen molar-refractivity contribution in [3.63, 3.8) is 0 Å². The lowest BCUT2D eigenvalue weighted by Crippen LogP contribution is -2.24. The minimum Gasteiger partial charge on any atom is -0.497 e. The van der Waals surface area contributed by atoms with E-state index < -0.39 is 0 Å². The standard InChI is InChI=1S/C20H21NO5/c1-23-15-5-6-16-14(12-26-18(16)10-15)9-20(22)21-11-13-4-7-17(24-2)19(8-13)25-3/h4-8,10,12H,9,11H2,1-3H3,(H,21,22). The zero-order valence-corrected chi connectivity index (χ0v) is 15.0. The van der Waals surface area contributed by atoms with Gasteiger partial charge in [0.2, 0.25) is 5.91 Å². The van der Waals surface area contributed by atoms with E-state index in [0.717, 1.165) is 22.3 Å². The monoisotopic (exact) mass is 355 g/mol. The molecule has 0 aliphatic carbocycles. The van der Waals surface area contributed by atoms with Gasteiger partial charge in [-0.1, -0.05) is 6.07 Å². The molecule has 136 valence electrons. The molecule has 0 aliphatic heterocycles. The number of furan rings is 1. The van der Waals surface area contributed by atoms with Gasteiger partial charge in [-0.15, -0.1) is 0 Å². The van der Waals surface area contributed by atoms with Crippen LogP contribution in [0.5, 0.6) is 17.2 Å². The zero-order chi connectivity index (χ0) is 18.5. The van der Waals surface area contributed by atoms with Crippen molar-refractivity contribution in [1.82, 2.24) is 5.32 Å². The molecule has 1 heterocycles. The molecule has 1 amide bonds. The van der Waals surface area contributed by atoms with E-state index in [0.29, 0.717) is 23.6 Å². The van der Waals surface area contributed by atoms with E-state index in [4.69, 9.17) is 18.6 Å². The Labute approximate surface area is 151 Å². The molecule has 2 aromatic carbocycles. The number of amides is 1. The molecule has 0 bridgehead atoms. The van der Waals surface area contributed by atoms with Gasteiger partial charge in [0.05, 0.1) is 34.0 Å². The first kappa shape index (κ1) is 17.7. The average Bonchev–Trinajstić information content (AvgIpc) is 3.07. The number of carbonyl (C=O) groups excluding carboxylic acids is 1. The minimum atomic E-state index is -0.0849. The Morgan fingerprint density at radius 2 is 1.81 bits per heavy atom. The summed E-state index contributed by atoms with van der Waals surface area (Å²) in [6.07, 6.45) is 1.85. The number of hydrogen-bond donors (Lipinski definition) is 1. The quantitative estimate of drug-likeness (QED) is 0.704. The minimum absolute atomic E-state index is 0.0849. The molecule has 0 spiro atoms. The van der Waals surface area contributed by atoms with Crippen molar-refractivity contribution in [3.8, 4) is 17.2 Å².